The van der Waals surface area contributed by atoms with Crippen molar-refractivity contribution in [1.29, 1.82) is 0 Å². The molecule has 24 heavy (non-hydrogen) atoms. The van der Waals surface area contributed by atoms with Crippen molar-refractivity contribution in [3.63, 3.8) is 0 Å². The van der Waals surface area contributed by atoms with Crippen molar-refractivity contribution in [2.45, 2.75) is 33.3 Å². The quantitative estimate of drug-likeness (QED) is 0.348. The van der Waals surface area contributed by atoms with E-state index in [9.17, 15) is 14.4 Å². The molecule has 0 aliphatic rings. The van der Waals surface area contributed by atoms with Crippen LogP contribution in [0.1, 0.15) is 27.7 Å². The van der Waals surface area contributed by atoms with Crippen LogP contribution in [0.3, 0.4) is 0 Å². The number of hydrogen-bond donors (Lipinski definition) is 2. The summed E-state index contributed by atoms with van der Waals surface area (Å²) in [6.07, 6.45) is 0. The first kappa shape index (κ1) is 21.9. The summed E-state index contributed by atoms with van der Waals surface area (Å²) in [5, 5.41) is 5.06. The third-order valence-electron chi connectivity index (χ3n) is 2.81. The molecule has 0 spiro atoms. The van der Waals surface area contributed by atoms with Gasteiger partial charge in [-0.15, -0.1) is 0 Å². The SMILES string of the molecule is C=C(C)C(=O)OCCNC(=O)NCC(C)C(=O)OC(C)(C)COC. The molecule has 0 rings (SSSR count). The number of carbonyl (C=O) groups excluding carboxylic acids is 3. The molecule has 138 valence electrons. The van der Waals surface area contributed by atoms with E-state index in [1.165, 1.54) is 14.0 Å². The van der Waals surface area contributed by atoms with Gasteiger partial charge in [0, 0.05) is 19.2 Å². The van der Waals surface area contributed by atoms with E-state index >= 15 is 0 Å². The molecular formula is C16H28N2O6. The van der Waals surface area contributed by atoms with Gasteiger partial charge in [0.25, 0.3) is 0 Å². The van der Waals surface area contributed by atoms with Crippen LogP contribution in [0.15, 0.2) is 12.2 Å². The number of rotatable bonds is 10. The van der Waals surface area contributed by atoms with Crippen LogP contribution in [-0.4, -0.2) is 57.0 Å². The van der Waals surface area contributed by atoms with E-state index in [0.717, 1.165) is 0 Å². The lowest BCUT2D eigenvalue weighted by Crippen LogP contribution is -2.42. The monoisotopic (exact) mass is 344 g/mol. The topological polar surface area (TPSA) is 103 Å². The first-order chi connectivity index (χ1) is 11.1. The Hall–Kier alpha value is -2.09. The fraction of sp³-hybridized carbons (Fsp3) is 0.688. The van der Waals surface area contributed by atoms with Gasteiger partial charge >= 0.3 is 18.0 Å². The lowest BCUT2D eigenvalue weighted by atomic mass is 10.1. The molecule has 0 saturated carbocycles. The van der Waals surface area contributed by atoms with Gasteiger partial charge in [0.15, 0.2) is 0 Å². The van der Waals surface area contributed by atoms with Crippen LogP contribution < -0.4 is 10.6 Å². The molecule has 2 amide bonds. The summed E-state index contributed by atoms with van der Waals surface area (Å²) >= 11 is 0. The zero-order valence-electron chi connectivity index (χ0n) is 15.1. The van der Waals surface area contributed by atoms with E-state index in [4.69, 9.17) is 14.2 Å². The molecule has 0 saturated heterocycles. The maximum absolute atomic E-state index is 11.9. The Labute approximate surface area is 142 Å². The highest BCUT2D eigenvalue weighted by molar-refractivity contribution is 5.86. The molecule has 0 heterocycles. The Balaban J connectivity index is 3.98. The number of hydrogen-bond acceptors (Lipinski definition) is 6. The van der Waals surface area contributed by atoms with E-state index in [-0.39, 0.29) is 26.3 Å². The number of methoxy groups -OCH3 is 1. The van der Waals surface area contributed by atoms with Gasteiger partial charge in [0.05, 0.1) is 19.1 Å². The van der Waals surface area contributed by atoms with Gasteiger partial charge in [0.2, 0.25) is 0 Å². The highest BCUT2D eigenvalue weighted by Crippen LogP contribution is 2.12. The summed E-state index contributed by atoms with van der Waals surface area (Å²) in [6, 6.07) is -0.461. The second kappa shape index (κ2) is 10.6. The zero-order chi connectivity index (χ0) is 18.8. The van der Waals surface area contributed by atoms with Gasteiger partial charge in [-0.25, -0.2) is 9.59 Å². The van der Waals surface area contributed by atoms with Crippen molar-refractivity contribution in [3.05, 3.63) is 12.2 Å². The van der Waals surface area contributed by atoms with Crippen molar-refractivity contribution >= 4 is 18.0 Å². The Kier molecular flexibility index (Phi) is 9.71. The Morgan fingerprint density at radius 3 is 2.38 bits per heavy atom. The van der Waals surface area contributed by atoms with E-state index in [2.05, 4.69) is 17.2 Å². The van der Waals surface area contributed by atoms with Crippen molar-refractivity contribution < 1.29 is 28.6 Å². The summed E-state index contributed by atoms with van der Waals surface area (Å²) < 4.78 is 15.1. The summed E-state index contributed by atoms with van der Waals surface area (Å²) in [5.41, 5.74) is -0.432. The van der Waals surface area contributed by atoms with Crippen LogP contribution >= 0.6 is 0 Å². The molecule has 8 heteroatoms. The summed E-state index contributed by atoms with van der Waals surface area (Å²) in [4.78, 5) is 34.6. The van der Waals surface area contributed by atoms with E-state index in [1.807, 2.05) is 0 Å². The molecule has 0 aromatic heterocycles. The van der Waals surface area contributed by atoms with E-state index in [0.29, 0.717) is 5.57 Å². The van der Waals surface area contributed by atoms with Gasteiger partial charge in [-0.05, 0) is 20.8 Å². The minimum atomic E-state index is -0.727. The molecule has 8 nitrogen and oxygen atoms in total. The van der Waals surface area contributed by atoms with Crippen LogP contribution in [0.2, 0.25) is 0 Å². The number of nitrogens with one attached hydrogen (secondary N) is 2. The minimum absolute atomic E-state index is 0.0436. The first-order valence-electron chi connectivity index (χ1n) is 7.65. The highest BCUT2D eigenvalue weighted by Gasteiger charge is 2.26. The fourth-order valence-electron chi connectivity index (χ4n) is 1.57. The Morgan fingerprint density at radius 2 is 1.83 bits per heavy atom. The molecule has 0 bridgehead atoms. The minimum Gasteiger partial charge on any atom is -0.460 e. The number of urea groups is 1. The predicted molar refractivity (Wildman–Crippen MR) is 88.4 cm³/mol. The molecule has 0 aliphatic heterocycles. The molecule has 0 aromatic rings. The lowest BCUT2D eigenvalue weighted by Gasteiger charge is -2.26. The van der Waals surface area contributed by atoms with E-state index < -0.39 is 29.5 Å². The number of ether oxygens (including phenoxy) is 3. The lowest BCUT2D eigenvalue weighted by molar-refractivity contribution is -0.165. The maximum atomic E-state index is 11.9. The van der Waals surface area contributed by atoms with Gasteiger partial charge < -0.3 is 24.8 Å². The third kappa shape index (κ3) is 9.83. The number of amides is 2. The van der Waals surface area contributed by atoms with Gasteiger partial charge in [-0.1, -0.05) is 13.5 Å². The smallest absolute Gasteiger partial charge is 0.333 e. The Bertz CT molecular complexity index is 461. The molecule has 1 atom stereocenters. The molecule has 2 N–H and O–H groups in total. The maximum Gasteiger partial charge on any atom is 0.333 e. The van der Waals surface area contributed by atoms with Crippen molar-refractivity contribution in [3.8, 4) is 0 Å². The summed E-state index contributed by atoms with van der Waals surface area (Å²) in [5.74, 6) is -1.44. The van der Waals surface area contributed by atoms with Crippen molar-refractivity contribution in [1.82, 2.24) is 10.6 Å². The average molecular weight is 344 g/mol. The van der Waals surface area contributed by atoms with Crippen LogP contribution in [-0.2, 0) is 23.8 Å². The summed E-state index contributed by atoms with van der Waals surface area (Å²) in [7, 11) is 1.53. The molecular weight excluding hydrogens is 316 g/mol. The Morgan fingerprint density at radius 1 is 1.21 bits per heavy atom. The molecule has 0 fully saturated rings. The average Bonchev–Trinajstić information content (AvgIpc) is 2.47. The number of esters is 2. The molecule has 0 aliphatic carbocycles. The summed E-state index contributed by atoms with van der Waals surface area (Å²) in [6.45, 7) is 10.7. The van der Waals surface area contributed by atoms with Gasteiger partial charge in [-0.3, -0.25) is 4.79 Å². The fourth-order valence-corrected chi connectivity index (χ4v) is 1.57. The van der Waals surface area contributed by atoms with Gasteiger partial charge in [-0.2, -0.15) is 0 Å². The second-order valence-corrected chi connectivity index (χ2v) is 6.07. The standard InChI is InChI=1S/C16H28N2O6/c1-11(2)13(19)23-8-7-17-15(21)18-9-12(3)14(20)24-16(4,5)10-22-6/h12H,1,7-10H2,2-6H3,(H2,17,18,21). The number of carbonyl (C=O) groups is 3. The van der Waals surface area contributed by atoms with Crippen molar-refractivity contribution in [2.75, 3.05) is 33.4 Å². The van der Waals surface area contributed by atoms with Crippen LogP contribution in [0.4, 0.5) is 4.79 Å². The van der Waals surface area contributed by atoms with Gasteiger partial charge in [0.1, 0.15) is 12.2 Å². The largest absolute Gasteiger partial charge is 0.460 e. The normalized spacial score (nSPS) is 12.0. The molecule has 0 radical (unpaired) electrons. The molecule has 1 unspecified atom stereocenters. The van der Waals surface area contributed by atoms with Crippen LogP contribution in [0.5, 0.6) is 0 Å². The van der Waals surface area contributed by atoms with Crippen LogP contribution in [0, 0.1) is 5.92 Å². The second-order valence-electron chi connectivity index (χ2n) is 6.07. The highest BCUT2D eigenvalue weighted by atomic mass is 16.6. The molecule has 0 aromatic carbocycles. The van der Waals surface area contributed by atoms with Crippen molar-refractivity contribution in [2.24, 2.45) is 5.92 Å². The first-order valence-corrected chi connectivity index (χ1v) is 7.65. The van der Waals surface area contributed by atoms with E-state index in [1.54, 1.807) is 20.8 Å². The van der Waals surface area contributed by atoms with Crippen LogP contribution in [0.25, 0.3) is 0 Å². The predicted octanol–water partition coefficient (Wildman–Crippen LogP) is 1.01. The third-order valence-corrected chi connectivity index (χ3v) is 2.81. The zero-order valence-corrected chi connectivity index (χ0v) is 15.1.